The standard InChI is InChI=1S/C16H18N2/c1-2-6-13(7-3-1)15-9-4-10-16(18-15)14-8-5-11-17-12-14/h1-3,5-8,11-12,15-16,18H,4,9-10H2/t15-,16-/m1/s1. The number of pyridine rings is 1. The van der Waals surface area contributed by atoms with Gasteiger partial charge in [-0.05, 0) is 36.5 Å². The van der Waals surface area contributed by atoms with Crippen molar-refractivity contribution in [1.29, 1.82) is 0 Å². The van der Waals surface area contributed by atoms with E-state index < -0.39 is 0 Å². The van der Waals surface area contributed by atoms with Crippen LogP contribution in [0.1, 0.15) is 42.5 Å². The Labute approximate surface area is 108 Å². The van der Waals surface area contributed by atoms with Gasteiger partial charge in [0.25, 0.3) is 0 Å². The Kier molecular flexibility index (Phi) is 3.37. The highest BCUT2D eigenvalue weighted by Crippen LogP contribution is 2.31. The summed E-state index contributed by atoms with van der Waals surface area (Å²) in [6.07, 6.45) is 7.51. The van der Waals surface area contributed by atoms with Gasteiger partial charge in [0.15, 0.2) is 0 Å². The number of piperidine rings is 1. The molecule has 0 spiro atoms. The van der Waals surface area contributed by atoms with Crippen molar-refractivity contribution >= 4 is 0 Å². The molecule has 1 aliphatic rings. The number of aromatic nitrogens is 1. The van der Waals surface area contributed by atoms with Crippen LogP contribution in [0.25, 0.3) is 0 Å². The van der Waals surface area contributed by atoms with E-state index in [1.54, 1.807) is 0 Å². The minimum Gasteiger partial charge on any atom is -0.303 e. The van der Waals surface area contributed by atoms with Crippen molar-refractivity contribution in [3.8, 4) is 0 Å². The molecule has 0 amide bonds. The van der Waals surface area contributed by atoms with Crippen molar-refractivity contribution in [2.45, 2.75) is 31.3 Å². The van der Waals surface area contributed by atoms with Crippen LogP contribution >= 0.6 is 0 Å². The molecule has 1 N–H and O–H groups in total. The number of benzene rings is 1. The molecule has 1 aliphatic heterocycles. The second-order valence-corrected chi connectivity index (χ2v) is 4.90. The van der Waals surface area contributed by atoms with Gasteiger partial charge in [-0.15, -0.1) is 0 Å². The number of rotatable bonds is 2. The minimum absolute atomic E-state index is 0.442. The lowest BCUT2D eigenvalue weighted by molar-refractivity contribution is 0.330. The predicted octanol–water partition coefficient (Wildman–Crippen LogP) is 3.64. The molecule has 0 bridgehead atoms. The van der Waals surface area contributed by atoms with Crippen LogP contribution in [0.5, 0.6) is 0 Å². The molecular weight excluding hydrogens is 220 g/mol. The Morgan fingerprint density at radius 3 is 2.33 bits per heavy atom. The third-order valence-corrected chi connectivity index (χ3v) is 3.68. The zero-order valence-corrected chi connectivity index (χ0v) is 10.4. The van der Waals surface area contributed by atoms with Crippen LogP contribution in [0.2, 0.25) is 0 Å². The lowest BCUT2D eigenvalue weighted by Gasteiger charge is -2.31. The van der Waals surface area contributed by atoms with Crippen LogP contribution in [0, 0.1) is 0 Å². The maximum atomic E-state index is 4.22. The van der Waals surface area contributed by atoms with Gasteiger partial charge >= 0.3 is 0 Å². The molecule has 2 heteroatoms. The Balaban J connectivity index is 1.77. The molecule has 3 rings (SSSR count). The van der Waals surface area contributed by atoms with E-state index in [0.717, 1.165) is 0 Å². The van der Waals surface area contributed by atoms with Crippen molar-refractivity contribution in [3.05, 3.63) is 66.0 Å². The Hall–Kier alpha value is -1.67. The fourth-order valence-electron chi connectivity index (χ4n) is 2.73. The summed E-state index contributed by atoms with van der Waals surface area (Å²) >= 11 is 0. The fourth-order valence-corrected chi connectivity index (χ4v) is 2.73. The van der Waals surface area contributed by atoms with Crippen LogP contribution in [0.4, 0.5) is 0 Å². The molecule has 0 unspecified atom stereocenters. The van der Waals surface area contributed by atoms with Gasteiger partial charge in [-0.1, -0.05) is 36.4 Å². The molecule has 0 aliphatic carbocycles. The van der Waals surface area contributed by atoms with Crippen molar-refractivity contribution in [1.82, 2.24) is 10.3 Å². The van der Waals surface area contributed by atoms with Crippen molar-refractivity contribution in [2.75, 3.05) is 0 Å². The van der Waals surface area contributed by atoms with E-state index in [1.165, 1.54) is 30.4 Å². The molecule has 0 saturated carbocycles. The van der Waals surface area contributed by atoms with Crippen LogP contribution in [0.3, 0.4) is 0 Å². The van der Waals surface area contributed by atoms with Crippen LogP contribution in [-0.4, -0.2) is 4.98 Å². The van der Waals surface area contributed by atoms with Crippen molar-refractivity contribution < 1.29 is 0 Å². The summed E-state index contributed by atoms with van der Waals surface area (Å²) < 4.78 is 0. The third-order valence-electron chi connectivity index (χ3n) is 3.68. The van der Waals surface area contributed by atoms with Crippen molar-refractivity contribution in [2.24, 2.45) is 0 Å². The quantitative estimate of drug-likeness (QED) is 0.864. The fraction of sp³-hybridized carbons (Fsp3) is 0.312. The maximum absolute atomic E-state index is 4.22. The first-order valence-corrected chi connectivity index (χ1v) is 6.64. The van der Waals surface area contributed by atoms with Gasteiger partial charge in [-0.2, -0.15) is 0 Å². The molecule has 2 aromatic rings. The predicted molar refractivity (Wildman–Crippen MR) is 73.1 cm³/mol. The topological polar surface area (TPSA) is 24.9 Å². The molecule has 2 atom stereocenters. The van der Waals surface area contributed by atoms with Gasteiger partial charge in [0.05, 0.1) is 0 Å². The lowest BCUT2D eigenvalue weighted by Crippen LogP contribution is -2.30. The minimum atomic E-state index is 0.442. The van der Waals surface area contributed by atoms with E-state index in [-0.39, 0.29) is 0 Å². The number of hydrogen-bond acceptors (Lipinski definition) is 2. The average Bonchev–Trinajstić information content (AvgIpc) is 2.49. The van der Waals surface area contributed by atoms with E-state index in [2.05, 4.69) is 46.7 Å². The SMILES string of the molecule is c1ccc([C@H]2CCC[C@H](c3cccnc3)N2)cc1. The van der Waals surface area contributed by atoms with Gasteiger partial charge in [0.1, 0.15) is 0 Å². The summed E-state index contributed by atoms with van der Waals surface area (Å²) in [5, 5.41) is 3.75. The molecule has 1 fully saturated rings. The van der Waals surface area contributed by atoms with Crippen LogP contribution in [0.15, 0.2) is 54.9 Å². The molecule has 92 valence electrons. The Morgan fingerprint density at radius 2 is 1.61 bits per heavy atom. The second kappa shape index (κ2) is 5.32. The van der Waals surface area contributed by atoms with E-state index in [4.69, 9.17) is 0 Å². The monoisotopic (exact) mass is 238 g/mol. The van der Waals surface area contributed by atoms with E-state index in [9.17, 15) is 0 Å². The van der Waals surface area contributed by atoms with Crippen molar-refractivity contribution in [3.63, 3.8) is 0 Å². The van der Waals surface area contributed by atoms with Gasteiger partial charge in [-0.25, -0.2) is 0 Å². The van der Waals surface area contributed by atoms with Gasteiger partial charge in [-0.3, -0.25) is 4.98 Å². The smallest absolute Gasteiger partial charge is 0.0341 e. The molecule has 1 saturated heterocycles. The first kappa shape index (κ1) is 11.4. The largest absolute Gasteiger partial charge is 0.303 e. The average molecular weight is 238 g/mol. The zero-order chi connectivity index (χ0) is 12.2. The zero-order valence-electron chi connectivity index (χ0n) is 10.4. The first-order valence-electron chi connectivity index (χ1n) is 6.64. The van der Waals surface area contributed by atoms with Gasteiger partial charge in [0, 0.05) is 24.5 Å². The third kappa shape index (κ3) is 2.44. The molecule has 1 aromatic heterocycles. The maximum Gasteiger partial charge on any atom is 0.0341 e. The highest BCUT2D eigenvalue weighted by molar-refractivity contribution is 5.22. The Bertz CT molecular complexity index is 435. The molecular formula is C16H18N2. The molecule has 0 radical (unpaired) electrons. The van der Waals surface area contributed by atoms with E-state index in [1.807, 2.05) is 18.5 Å². The molecule has 18 heavy (non-hydrogen) atoms. The summed E-state index contributed by atoms with van der Waals surface area (Å²) in [5.74, 6) is 0. The first-order chi connectivity index (χ1) is 8.93. The highest BCUT2D eigenvalue weighted by Gasteiger charge is 2.22. The van der Waals surface area contributed by atoms with E-state index in [0.29, 0.717) is 12.1 Å². The lowest BCUT2D eigenvalue weighted by atomic mass is 9.91. The summed E-state index contributed by atoms with van der Waals surface area (Å²) in [5.41, 5.74) is 2.70. The molecule has 2 nitrogen and oxygen atoms in total. The van der Waals surface area contributed by atoms with Crippen LogP contribution in [-0.2, 0) is 0 Å². The Morgan fingerprint density at radius 1 is 0.889 bits per heavy atom. The summed E-state index contributed by atoms with van der Waals surface area (Å²) in [6, 6.07) is 15.8. The summed E-state index contributed by atoms with van der Waals surface area (Å²) in [6.45, 7) is 0. The second-order valence-electron chi connectivity index (χ2n) is 4.90. The number of hydrogen-bond donors (Lipinski definition) is 1. The summed E-state index contributed by atoms with van der Waals surface area (Å²) in [4.78, 5) is 4.22. The van der Waals surface area contributed by atoms with Gasteiger partial charge < -0.3 is 5.32 Å². The van der Waals surface area contributed by atoms with Crippen LogP contribution < -0.4 is 5.32 Å². The summed E-state index contributed by atoms with van der Waals surface area (Å²) in [7, 11) is 0. The number of nitrogens with zero attached hydrogens (tertiary/aromatic N) is 1. The molecule has 2 heterocycles. The normalized spacial score (nSPS) is 23.8. The van der Waals surface area contributed by atoms with Gasteiger partial charge in [0.2, 0.25) is 0 Å². The number of nitrogens with one attached hydrogen (secondary N) is 1. The molecule has 1 aromatic carbocycles. The highest BCUT2D eigenvalue weighted by atomic mass is 15.0. The van der Waals surface area contributed by atoms with E-state index >= 15 is 0 Å².